The second-order valence-electron chi connectivity index (χ2n) is 28.0. The number of nitrogens with two attached hydrogens (primary N) is 1. The maximum absolute atomic E-state index is 14.7. The van der Waals surface area contributed by atoms with Gasteiger partial charge >= 0.3 is 51.4 Å². The van der Waals surface area contributed by atoms with Crippen molar-refractivity contribution >= 4 is 81.8 Å². The molecule has 5 aliphatic rings. The second-order valence-corrected chi connectivity index (χ2v) is 34.4. The molecule has 13 rings (SSSR count). The quantitative estimate of drug-likeness (QED) is 0.0137. The van der Waals surface area contributed by atoms with Crippen LogP contribution in [0.15, 0.2) is 152 Å². The van der Waals surface area contributed by atoms with Crippen LogP contribution >= 0.6 is 57.1 Å². The number of piperidine rings is 1. The Balaban J connectivity index is 0.000000223. The Morgan fingerprint density at radius 3 is 1.39 bits per heavy atom. The van der Waals surface area contributed by atoms with Crippen LogP contribution in [0.2, 0.25) is 20.1 Å². The molecule has 616 valence electrons. The normalized spacial score (nSPS) is 18.2. The number of nitrogens with one attached hydrogen (secondary N) is 3. The van der Waals surface area contributed by atoms with Crippen molar-refractivity contribution in [2.24, 2.45) is 5.73 Å². The third-order valence-electron chi connectivity index (χ3n) is 18.1. The number of hydrogen-bond donors (Lipinski definition) is 6. The summed E-state index contributed by atoms with van der Waals surface area (Å²) in [5.74, 6) is -4.66. The summed E-state index contributed by atoms with van der Waals surface area (Å²) in [6, 6.07) is 37.9. The molecule has 0 aliphatic carbocycles. The first kappa shape index (κ1) is 97.6. The Morgan fingerprint density at radius 1 is 0.553 bits per heavy atom. The summed E-state index contributed by atoms with van der Waals surface area (Å²) in [6.07, 6.45) is 9.28. The molecule has 7 N–H and O–H groups in total. The zero-order valence-corrected chi connectivity index (χ0v) is 72.3. The molecule has 0 saturated carbocycles. The number of ether oxygens (including phenoxy) is 4. The van der Waals surface area contributed by atoms with Crippen molar-refractivity contribution < 1.29 is 142 Å². The first-order valence-corrected chi connectivity index (χ1v) is 42.2. The van der Waals surface area contributed by atoms with Gasteiger partial charge in [0.1, 0.15) is 49.7 Å². The second kappa shape index (κ2) is 47.0. The number of fused-ring (bicyclic) bond motifs is 6. The Kier molecular flexibility index (Phi) is 40.2. The van der Waals surface area contributed by atoms with Crippen LogP contribution in [0.25, 0.3) is 5.57 Å². The summed E-state index contributed by atoms with van der Waals surface area (Å²) < 4.78 is 181. The Hall–Kier alpha value is -5.19. The third kappa shape index (κ3) is 30.9. The van der Waals surface area contributed by atoms with Crippen LogP contribution in [0.1, 0.15) is 109 Å². The predicted octanol–water partition coefficient (Wildman–Crippen LogP) is 12.9. The smallest absolute Gasteiger partial charge is 0.850 e. The maximum atomic E-state index is 14.7. The SMILES string of the molecule is CC(C)(C)[O-].CS(=O)(=O)Cl.CS(=O)(=O)OCCCN[C@H]1COc2c(F)ccc(F)c2[C@@H]1Cc1ccc(Cl)cc1.Fc1ccc(F)c2c1OCC=C2Cc1ccc(Cl)cc1.Fc1ccc(F)c2c1OC[C@@H]1NCCC[C@]21Cc1ccc(Cl)cc1.NCCCO.OCCCN[C@H]1COc2c(F)ccc(F)c2[C@@H]1Cc1ccc(Cl)cc1.[K+]. The molecule has 1 saturated heterocycles. The maximum Gasteiger partial charge on any atom is 1.00 e. The van der Waals surface area contributed by atoms with E-state index in [1.807, 2.05) is 60.7 Å². The van der Waals surface area contributed by atoms with E-state index in [9.17, 15) is 57.1 Å². The van der Waals surface area contributed by atoms with Gasteiger partial charge in [-0.05, 0) is 215 Å². The number of aliphatic hydroxyl groups is 2. The van der Waals surface area contributed by atoms with Crippen LogP contribution < -0.4 is 97.1 Å². The van der Waals surface area contributed by atoms with Gasteiger partial charge in [-0.15, -0.1) is 5.60 Å². The van der Waals surface area contributed by atoms with E-state index in [2.05, 4.69) is 26.6 Å². The number of allylic oxidation sites excluding steroid dienone is 1. The molecule has 5 aliphatic heterocycles. The number of aliphatic hydroxyl groups excluding tert-OH is 2. The molecule has 0 spiro atoms. The third-order valence-corrected chi connectivity index (χ3v) is 19.7. The van der Waals surface area contributed by atoms with E-state index in [0.29, 0.717) is 90.4 Å². The fraction of sp³-hybridized carbons (Fsp3) is 0.390. The Bertz CT molecular complexity index is 4640. The zero-order valence-electron chi connectivity index (χ0n) is 63.7. The van der Waals surface area contributed by atoms with Gasteiger partial charge in [-0.3, -0.25) is 4.18 Å². The molecular formula is C82H92Cl5F8KN4O12S2. The van der Waals surface area contributed by atoms with E-state index in [1.165, 1.54) is 6.07 Å². The van der Waals surface area contributed by atoms with E-state index in [-0.39, 0.29) is 161 Å². The fourth-order valence-corrected chi connectivity index (χ4v) is 14.1. The summed E-state index contributed by atoms with van der Waals surface area (Å²) in [5, 5.41) is 39.6. The number of halogens is 13. The largest absolute Gasteiger partial charge is 1.00 e. The Labute approximate surface area is 728 Å². The standard InChI is InChI=1S/C20H22ClF2NO4S.C19H20ClF2NO2.C19H18ClF2NO.C16H11ClF2O.C4H9O.C3H9NO.CH3ClO2S.K/c1-29(25,26)28-10-2-9-24-18-12-27-20-17(23)8-7-16(22)19(20)15(18)11-13-3-5-14(21)6-4-13;20-13-4-2-12(3-5-13)10-14-17(23-8-1-9-24)11-25-19-16(22)7-6-15(21)18(14)19;20-13-4-2-12(3-5-13)10-19-8-1-9-23-16(19)11-24-18-15(22)7-6-14(21)17(18)19;17-12-3-1-10(2-4-12)9-11-7-8-20-16-14(19)6-5-13(18)15(11)16;1-4(2,3)5;4-2-1-3-5;1-5(2,3)4;/h3-8,15,18,24H,2,9-12H2,1H3;2-7,14,17,23-24H,1,8-11H2;2-7,16,23H,1,8-11H2;1-7H,8-9H2;1-3H3;5H,1-4H2;1H3;/q;;;;-1;;;+1/t15-,18+;14-,17+;16-,19+;;;;;/m110...../s1. The van der Waals surface area contributed by atoms with Crippen LogP contribution in [0.4, 0.5) is 35.1 Å². The van der Waals surface area contributed by atoms with Crippen molar-refractivity contribution in [3.8, 4) is 23.0 Å². The topological polar surface area (TPSA) is 240 Å². The van der Waals surface area contributed by atoms with Gasteiger partial charge in [0, 0.05) is 90.0 Å². The molecule has 0 radical (unpaired) electrons. The van der Waals surface area contributed by atoms with E-state index >= 15 is 0 Å². The monoisotopic (exact) mass is 1750 g/mol. The summed E-state index contributed by atoms with van der Waals surface area (Å²) in [7, 11) is -2.18. The first-order valence-electron chi connectivity index (χ1n) is 36.2. The van der Waals surface area contributed by atoms with Crippen LogP contribution in [0.3, 0.4) is 0 Å². The van der Waals surface area contributed by atoms with E-state index < -0.39 is 76.7 Å². The molecule has 0 amide bonds. The molecule has 16 nitrogen and oxygen atoms in total. The fourth-order valence-electron chi connectivity index (χ4n) is 13.2. The van der Waals surface area contributed by atoms with Crippen molar-refractivity contribution in [2.75, 3.05) is 84.9 Å². The molecule has 0 aromatic heterocycles. The van der Waals surface area contributed by atoms with Crippen molar-refractivity contribution in [3.05, 3.63) is 263 Å². The van der Waals surface area contributed by atoms with Gasteiger partial charge in [0.05, 0.1) is 30.7 Å². The summed E-state index contributed by atoms with van der Waals surface area (Å²) in [5.41, 5.74) is 9.47. The predicted molar refractivity (Wildman–Crippen MR) is 426 cm³/mol. The molecule has 1 fully saturated rings. The van der Waals surface area contributed by atoms with Crippen LogP contribution in [0, 0.1) is 46.5 Å². The van der Waals surface area contributed by atoms with Crippen molar-refractivity contribution in [3.63, 3.8) is 0 Å². The molecule has 0 unspecified atom stereocenters. The molecule has 114 heavy (non-hydrogen) atoms. The van der Waals surface area contributed by atoms with E-state index in [4.69, 9.17) is 85.5 Å². The van der Waals surface area contributed by atoms with Gasteiger partial charge in [-0.2, -0.15) is 8.42 Å². The van der Waals surface area contributed by atoms with Gasteiger partial charge in [-0.1, -0.05) is 116 Å². The van der Waals surface area contributed by atoms with Gasteiger partial charge in [0.2, 0.25) is 9.05 Å². The minimum atomic E-state index is -3.49. The molecule has 32 heteroatoms. The zero-order chi connectivity index (χ0) is 82.8. The molecule has 8 aromatic rings. The van der Waals surface area contributed by atoms with Crippen LogP contribution in [0.5, 0.6) is 23.0 Å². The average molecular weight is 1760 g/mol. The van der Waals surface area contributed by atoms with Gasteiger partial charge in [0.15, 0.2) is 46.3 Å². The summed E-state index contributed by atoms with van der Waals surface area (Å²) in [4.78, 5) is 0. The van der Waals surface area contributed by atoms with Crippen LogP contribution in [-0.2, 0) is 54.5 Å². The van der Waals surface area contributed by atoms with Crippen molar-refractivity contribution in [1.29, 1.82) is 0 Å². The molecule has 5 heterocycles. The molecule has 8 aromatic carbocycles. The van der Waals surface area contributed by atoms with Gasteiger partial charge in [0.25, 0.3) is 10.1 Å². The van der Waals surface area contributed by atoms with Gasteiger partial charge in [-0.25, -0.2) is 43.5 Å². The van der Waals surface area contributed by atoms with E-state index in [1.54, 1.807) is 63.2 Å². The number of rotatable bonds is 20. The van der Waals surface area contributed by atoms with Crippen LogP contribution in [-0.4, -0.2) is 136 Å². The molecular weight excluding hydrogens is 1670 g/mol. The number of hydrogen-bond acceptors (Lipinski definition) is 16. The van der Waals surface area contributed by atoms with Crippen molar-refractivity contribution in [2.45, 2.75) is 120 Å². The van der Waals surface area contributed by atoms with Gasteiger partial charge < -0.3 is 56.0 Å². The molecule has 6 atom stereocenters. The minimum Gasteiger partial charge on any atom is -0.850 e. The summed E-state index contributed by atoms with van der Waals surface area (Å²) >= 11 is 23.7. The minimum absolute atomic E-state index is 0. The summed E-state index contributed by atoms with van der Waals surface area (Å²) in [6.45, 7) is 8.71. The van der Waals surface area contributed by atoms with Crippen molar-refractivity contribution in [1.82, 2.24) is 16.0 Å². The van der Waals surface area contributed by atoms with E-state index in [0.717, 1.165) is 109 Å². The first-order chi connectivity index (χ1) is 53.5. The number of benzene rings is 8. The average Bonchev–Trinajstić information content (AvgIpc) is 0.727. The Morgan fingerprint density at radius 2 is 0.947 bits per heavy atom. The molecule has 0 bridgehead atoms.